The summed E-state index contributed by atoms with van der Waals surface area (Å²) in [6, 6.07) is 5.03. The van der Waals surface area contributed by atoms with Crippen molar-refractivity contribution in [2.45, 2.75) is 41.5 Å². The van der Waals surface area contributed by atoms with Crippen LogP contribution in [-0.2, 0) is 0 Å². The molecule has 0 saturated heterocycles. The molecule has 0 saturated carbocycles. The quantitative estimate of drug-likeness (QED) is 0.420. The van der Waals surface area contributed by atoms with Crippen LogP contribution in [0.2, 0.25) is 0 Å². The summed E-state index contributed by atoms with van der Waals surface area (Å²) >= 11 is 0. The maximum Gasteiger partial charge on any atom is 0.143 e. The summed E-state index contributed by atoms with van der Waals surface area (Å²) in [5.74, 6) is 3.92. The fraction of sp³-hybridized carbons (Fsp3) is 0.259. The summed E-state index contributed by atoms with van der Waals surface area (Å²) in [7, 11) is 0. The molecule has 0 spiro atoms. The van der Waals surface area contributed by atoms with Crippen LogP contribution < -0.4 is 0 Å². The van der Waals surface area contributed by atoms with Gasteiger partial charge in [-0.25, -0.2) is 0 Å². The van der Waals surface area contributed by atoms with Crippen molar-refractivity contribution in [3.63, 3.8) is 0 Å². The Morgan fingerprint density at radius 2 is 2.00 bits per heavy atom. The topological polar surface area (TPSA) is 28.5 Å². The van der Waals surface area contributed by atoms with Crippen molar-refractivity contribution in [1.29, 1.82) is 0 Å². The molecule has 3 rings (SSSR count). The number of aromatic nitrogens is 1. The fourth-order valence-corrected chi connectivity index (χ4v) is 3.29. The lowest BCUT2D eigenvalue weighted by atomic mass is 9.92. The summed E-state index contributed by atoms with van der Waals surface area (Å²) in [5, 5.41) is 0. The molecule has 2 aliphatic heterocycles. The van der Waals surface area contributed by atoms with E-state index in [0.717, 1.165) is 39.4 Å². The first-order valence-electron chi connectivity index (χ1n) is 10.4. The maximum absolute atomic E-state index is 4.69. The minimum atomic E-state index is 0.662. The van der Waals surface area contributed by atoms with Crippen molar-refractivity contribution in [1.82, 2.24) is 9.88 Å². The van der Waals surface area contributed by atoms with E-state index in [1.54, 1.807) is 6.08 Å². The van der Waals surface area contributed by atoms with Gasteiger partial charge in [-0.15, -0.1) is 0 Å². The number of pyridine rings is 1. The highest BCUT2D eigenvalue weighted by Crippen LogP contribution is 2.31. The molecule has 0 N–H and O–H groups in total. The van der Waals surface area contributed by atoms with Crippen molar-refractivity contribution < 1.29 is 0 Å². The first-order valence-corrected chi connectivity index (χ1v) is 10.4. The molecule has 30 heavy (non-hydrogen) atoms. The summed E-state index contributed by atoms with van der Waals surface area (Å²) in [6.45, 7) is 16.8. The van der Waals surface area contributed by atoms with E-state index in [9.17, 15) is 0 Å². The summed E-state index contributed by atoms with van der Waals surface area (Å²) in [6.07, 6.45) is 16.2. The Labute approximate surface area is 181 Å². The van der Waals surface area contributed by atoms with Crippen LogP contribution in [0.5, 0.6) is 0 Å². The van der Waals surface area contributed by atoms with Crippen molar-refractivity contribution in [2.75, 3.05) is 6.54 Å². The molecule has 0 aliphatic carbocycles. The summed E-state index contributed by atoms with van der Waals surface area (Å²) in [4.78, 5) is 11.0. The summed E-state index contributed by atoms with van der Waals surface area (Å²) < 4.78 is 0. The zero-order valence-electron chi connectivity index (χ0n) is 19.0. The highest BCUT2D eigenvalue weighted by atomic mass is 15.2. The Kier molecular flexibility index (Phi) is 8.38. The zero-order chi connectivity index (χ0) is 22.1. The molecule has 0 radical (unpaired) electrons. The lowest BCUT2D eigenvalue weighted by Crippen LogP contribution is -2.28. The smallest absolute Gasteiger partial charge is 0.143 e. The molecule has 2 aliphatic rings. The van der Waals surface area contributed by atoms with Gasteiger partial charge in [0.2, 0.25) is 0 Å². The van der Waals surface area contributed by atoms with Gasteiger partial charge in [0.05, 0.1) is 6.54 Å². The molecule has 154 valence electrons. The number of allylic oxidation sites excluding steroid dienone is 9. The Hall–Kier alpha value is -3.38. The Bertz CT molecular complexity index is 1040. The van der Waals surface area contributed by atoms with Crippen LogP contribution in [0.25, 0.3) is 11.1 Å². The van der Waals surface area contributed by atoms with E-state index in [1.165, 1.54) is 5.57 Å². The second-order valence-electron chi connectivity index (χ2n) is 6.87. The maximum atomic E-state index is 4.69. The average molecular weight is 398 g/mol. The lowest BCUT2D eigenvalue weighted by molar-refractivity contribution is 0.625. The largest absolute Gasteiger partial charge is 0.320 e. The van der Waals surface area contributed by atoms with Gasteiger partial charge in [-0.1, -0.05) is 56.2 Å². The number of hydrogen-bond donors (Lipinski definition) is 0. The van der Waals surface area contributed by atoms with Gasteiger partial charge in [0.25, 0.3) is 0 Å². The Morgan fingerprint density at radius 3 is 2.67 bits per heavy atom. The first kappa shape index (κ1) is 22.9. The number of fused-ring (bicyclic) bond motifs is 1. The standard InChI is InChI=1S/C25H25N3.C2H6/c1-6-8-10-23(18(3)4)21-15-24(19(5)27-16-21)22(7-2)20-11-12-25-26-13-9-14-28(25)17-20;1-2/h6-8,10-12,15-17H,1,14H2,2-5H3;1-2H3/b10-8-,22-7-;. The van der Waals surface area contributed by atoms with E-state index < -0.39 is 0 Å². The third-order valence-electron chi connectivity index (χ3n) is 4.73. The van der Waals surface area contributed by atoms with Gasteiger partial charge in [-0.3, -0.25) is 4.98 Å². The van der Waals surface area contributed by atoms with Crippen LogP contribution in [-0.4, -0.2) is 22.3 Å². The molecule has 3 nitrogen and oxygen atoms in total. The number of rotatable bonds is 5. The monoisotopic (exact) mass is 397 g/mol. The normalized spacial score (nSPS) is 14.6. The molecule has 3 heterocycles. The van der Waals surface area contributed by atoms with Crippen molar-refractivity contribution in [3.05, 3.63) is 89.5 Å². The van der Waals surface area contributed by atoms with Crippen molar-refractivity contribution in [3.8, 4) is 12.0 Å². The second-order valence-corrected chi connectivity index (χ2v) is 6.87. The van der Waals surface area contributed by atoms with E-state index >= 15 is 0 Å². The van der Waals surface area contributed by atoms with Crippen LogP contribution in [0.4, 0.5) is 0 Å². The van der Waals surface area contributed by atoms with Crippen LogP contribution in [0.15, 0.2) is 77.6 Å². The highest BCUT2D eigenvalue weighted by Gasteiger charge is 2.18. The van der Waals surface area contributed by atoms with E-state index in [-0.39, 0.29) is 0 Å². The molecular formula is C27H31N3. The second kappa shape index (κ2) is 11.0. The van der Waals surface area contributed by atoms with E-state index in [0.29, 0.717) is 6.54 Å². The fourth-order valence-electron chi connectivity index (χ4n) is 3.29. The van der Waals surface area contributed by atoms with E-state index in [2.05, 4.69) is 91.6 Å². The molecule has 1 aromatic heterocycles. The van der Waals surface area contributed by atoms with Gasteiger partial charge in [0.15, 0.2) is 0 Å². The van der Waals surface area contributed by atoms with Crippen LogP contribution in [0, 0.1) is 18.9 Å². The van der Waals surface area contributed by atoms with Crippen molar-refractivity contribution in [2.24, 2.45) is 4.99 Å². The van der Waals surface area contributed by atoms with Crippen LogP contribution in [0.1, 0.15) is 51.4 Å². The molecule has 0 fully saturated rings. The third kappa shape index (κ3) is 5.15. The number of nitrogens with zero attached hydrogens (tertiary/aromatic N) is 3. The molecule has 0 unspecified atom stereocenters. The molecule has 0 atom stereocenters. The molecular weight excluding hydrogens is 366 g/mol. The lowest BCUT2D eigenvalue weighted by Gasteiger charge is -2.25. The zero-order valence-corrected chi connectivity index (χ0v) is 19.0. The van der Waals surface area contributed by atoms with Gasteiger partial charge in [-0.2, -0.15) is 4.99 Å². The van der Waals surface area contributed by atoms with Gasteiger partial charge < -0.3 is 4.90 Å². The van der Waals surface area contributed by atoms with Gasteiger partial charge in [0, 0.05) is 35.3 Å². The Morgan fingerprint density at radius 1 is 1.23 bits per heavy atom. The molecule has 0 aromatic carbocycles. The summed E-state index contributed by atoms with van der Waals surface area (Å²) in [5.41, 5.74) is 7.92. The number of aryl methyl sites for hydroxylation is 1. The Balaban J connectivity index is 0.00000155. The first-order chi connectivity index (χ1) is 14.5. The van der Waals surface area contributed by atoms with Crippen molar-refractivity contribution >= 4 is 17.0 Å². The SMILES string of the molecule is C=C/C=C\C(=C(C)C)c1cnc(C)c(/C(=C\C)C2=CN3CC#CN=C3C=C2)c1.CC. The number of aliphatic imine (C=N–C) groups is 1. The third-order valence-corrected chi connectivity index (χ3v) is 4.73. The molecule has 0 amide bonds. The van der Waals surface area contributed by atoms with Crippen LogP contribution >= 0.6 is 0 Å². The van der Waals surface area contributed by atoms with Gasteiger partial charge >= 0.3 is 0 Å². The minimum absolute atomic E-state index is 0.662. The predicted molar refractivity (Wildman–Crippen MR) is 131 cm³/mol. The molecule has 1 aromatic rings. The minimum Gasteiger partial charge on any atom is -0.320 e. The van der Waals surface area contributed by atoms with E-state index in [4.69, 9.17) is 0 Å². The van der Waals surface area contributed by atoms with Gasteiger partial charge in [0.1, 0.15) is 5.84 Å². The predicted octanol–water partition coefficient (Wildman–Crippen LogP) is 6.48. The molecule has 0 bridgehead atoms. The number of hydrogen-bond acceptors (Lipinski definition) is 3. The average Bonchev–Trinajstić information content (AvgIpc) is 2.77. The van der Waals surface area contributed by atoms with E-state index in [1.807, 2.05) is 32.2 Å². The number of amidine groups is 1. The van der Waals surface area contributed by atoms with Gasteiger partial charge in [-0.05, 0) is 62.6 Å². The highest BCUT2D eigenvalue weighted by molar-refractivity contribution is 5.99. The van der Waals surface area contributed by atoms with Crippen LogP contribution in [0.3, 0.4) is 0 Å². The molecule has 3 heteroatoms.